The molecule has 1 saturated heterocycles. The molecule has 2 atom stereocenters. The van der Waals surface area contributed by atoms with Gasteiger partial charge >= 0.3 is 0 Å². The molecule has 0 radical (unpaired) electrons. The van der Waals surface area contributed by atoms with Crippen molar-refractivity contribution in [3.8, 4) is 0 Å². The van der Waals surface area contributed by atoms with E-state index in [4.69, 9.17) is 0 Å². The fourth-order valence-corrected chi connectivity index (χ4v) is 3.87. The van der Waals surface area contributed by atoms with E-state index in [0.29, 0.717) is 31.2 Å². The van der Waals surface area contributed by atoms with Crippen LogP contribution in [-0.4, -0.2) is 50.1 Å². The Labute approximate surface area is 154 Å². The largest absolute Gasteiger partial charge is 0.391 e. The van der Waals surface area contributed by atoms with Crippen molar-refractivity contribution < 1.29 is 9.90 Å². The molecule has 1 aliphatic rings. The van der Waals surface area contributed by atoms with E-state index in [-0.39, 0.29) is 11.9 Å². The van der Waals surface area contributed by atoms with Crippen molar-refractivity contribution in [2.45, 2.75) is 25.5 Å². The summed E-state index contributed by atoms with van der Waals surface area (Å²) in [5, 5.41) is 14.9. The summed E-state index contributed by atoms with van der Waals surface area (Å²) in [5.74, 6) is 0.254. The minimum atomic E-state index is -0.456. The number of β-amino-alcohol motifs (C(OH)–C–C–N with tert-alkyl or cyclic N) is 1. The molecule has 3 aromatic heterocycles. The van der Waals surface area contributed by atoms with Gasteiger partial charge in [-0.15, -0.1) is 11.3 Å². The summed E-state index contributed by atoms with van der Waals surface area (Å²) < 4.78 is 0.774. The van der Waals surface area contributed by atoms with Gasteiger partial charge in [0, 0.05) is 25.5 Å². The number of hydrogen-bond acceptors (Lipinski definition) is 7. The molecule has 2 N–H and O–H groups in total. The topological polar surface area (TPSA) is 91.2 Å². The Morgan fingerprint density at radius 3 is 3.04 bits per heavy atom. The van der Waals surface area contributed by atoms with Gasteiger partial charge in [-0.05, 0) is 36.4 Å². The van der Waals surface area contributed by atoms with Gasteiger partial charge in [0.15, 0.2) is 5.69 Å². The Bertz CT molecular complexity index is 930. The van der Waals surface area contributed by atoms with Crippen LogP contribution in [-0.2, 0) is 0 Å². The van der Waals surface area contributed by atoms with Crippen molar-refractivity contribution in [3.05, 3.63) is 47.2 Å². The number of hydrogen-bond donors (Lipinski definition) is 2. The third-order valence-electron chi connectivity index (χ3n) is 4.49. The lowest BCUT2D eigenvalue weighted by Gasteiger charge is -2.17. The van der Waals surface area contributed by atoms with E-state index in [2.05, 4.69) is 20.3 Å². The first-order chi connectivity index (χ1) is 12.6. The number of carbonyl (C=O) groups excluding carboxylic acids is 1. The Morgan fingerprint density at radius 2 is 2.31 bits per heavy atom. The van der Waals surface area contributed by atoms with Crippen molar-refractivity contribution in [3.63, 3.8) is 0 Å². The Kier molecular flexibility index (Phi) is 4.52. The monoisotopic (exact) mass is 369 g/mol. The highest BCUT2D eigenvalue weighted by Crippen LogP contribution is 2.27. The number of aliphatic hydroxyl groups is 1. The van der Waals surface area contributed by atoms with E-state index in [9.17, 15) is 9.90 Å². The van der Waals surface area contributed by atoms with Crippen LogP contribution in [0.15, 0.2) is 36.0 Å². The number of carbonyl (C=O) groups is 1. The molecule has 1 fully saturated rings. The van der Waals surface area contributed by atoms with Crippen LogP contribution in [0.4, 0.5) is 5.95 Å². The normalized spacial score (nSPS) is 18.2. The number of aromatic nitrogens is 3. The van der Waals surface area contributed by atoms with Crippen LogP contribution in [0.5, 0.6) is 0 Å². The van der Waals surface area contributed by atoms with Crippen LogP contribution in [0.1, 0.15) is 35.4 Å². The number of anilines is 1. The lowest BCUT2D eigenvalue weighted by Crippen LogP contribution is -2.30. The van der Waals surface area contributed by atoms with Gasteiger partial charge in [-0.3, -0.25) is 9.78 Å². The summed E-state index contributed by atoms with van der Waals surface area (Å²) in [4.78, 5) is 27.7. The van der Waals surface area contributed by atoms with Crippen LogP contribution in [0.2, 0.25) is 0 Å². The molecule has 1 aliphatic heterocycles. The first-order valence-corrected chi connectivity index (χ1v) is 9.39. The molecule has 4 heterocycles. The van der Waals surface area contributed by atoms with E-state index < -0.39 is 6.10 Å². The number of rotatable bonds is 4. The van der Waals surface area contributed by atoms with Crippen molar-refractivity contribution in [2.75, 3.05) is 18.4 Å². The van der Waals surface area contributed by atoms with E-state index in [1.54, 1.807) is 17.3 Å². The van der Waals surface area contributed by atoms with Crippen LogP contribution < -0.4 is 5.32 Å². The maximum Gasteiger partial charge on any atom is 0.274 e. The SMILES string of the molecule is C[C@H](Nc1nc(C(=O)N2CC[C@@H](O)C2)c2sccc2n1)c1cccnc1. The minimum absolute atomic E-state index is 0.0450. The van der Waals surface area contributed by atoms with Crippen LogP contribution in [0, 0.1) is 0 Å². The fourth-order valence-electron chi connectivity index (χ4n) is 3.06. The number of fused-ring (bicyclic) bond motifs is 1. The number of thiophene rings is 1. The zero-order valence-electron chi connectivity index (χ0n) is 14.3. The number of aliphatic hydroxyl groups excluding tert-OH is 1. The summed E-state index contributed by atoms with van der Waals surface area (Å²) >= 11 is 1.45. The molecule has 26 heavy (non-hydrogen) atoms. The zero-order chi connectivity index (χ0) is 18.1. The van der Waals surface area contributed by atoms with Crippen LogP contribution in [0.25, 0.3) is 10.2 Å². The first-order valence-electron chi connectivity index (χ1n) is 8.51. The van der Waals surface area contributed by atoms with Gasteiger partial charge in [-0.2, -0.15) is 0 Å². The van der Waals surface area contributed by atoms with Crippen molar-refractivity contribution in [2.24, 2.45) is 0 Å². The maximum absolute atomic E-state index is 12.9. The van der Waals surface area contributed by atoms with Gasteiger partial charge in [0.25, 0.3) is 5.91 Å². The Hall–Kier alpha value is -2.58. The second kappa shape index (κ2) is 6.97. The number of nitrogens with one attached hydrogen (secondary N) is 1. The summed E-state index contributed by atoms with van der Waals surface area (Å²) in [6.07, 6.45) is 3.67. The zero-order valence-corrected chi connectivity index (χ0v) is 15.1. The summed E-state index contributed by atoms with van der Waals surface area (Å²) in [6, 6.07) is 5.70. The molecule has 7 nitrogen and oxygen atoms in total. The number of nitrogens with zero attached hydrogens (tertiary/aromatic N) is 4. The van der Waals surface area contributed by atoms with E-state index in [1.807, 2.05) is 30.5 Å². The molecule has 0 aromatic carbocycles. The average Bonchev–Trinajstić information content (AvgIpc) is 3.30. The molecule has 0 bridgehead atoms. The molecular formula is C18H19N5O2S. The quantitative estimate of drug-likeness (QED) is 0.734. The summed E-state index contributed by atoms with van der Waals surface area (Å²) in [6.45, 7) is 2.90. The number of amides is 1. The van der Waals surface area contributed by atoms with E-state index >= 15 is 0 Å². The molecular weight excluding hydrogens is 350 g/mol. The highest BCUT2D eigenvalue weighted by atomic mass is 32.1. The van der Waals surface area contributed by atoms with E-state index in [0.717, 1.165) is 15.8 Å². The molecule has 0 unspecified atom stereocenters. The Morgan fingerprint density at radius 1 is 1.42 bits per heavy atom. The van der Waals surface area contributed by atoms with Gasteiger partial charge in [0.2, 0.25) is 5.95 Å². The molecule has 8 heteroatoms. The molecule has 134 valence electrons. The van der Waals surface area contributed by atoms with Gasteiger partial charge < -0.3 is 15.3 Å². The van der Waals surface area contributed by atoms with Crippen LogP contribution >= 0.6 is 11.3 Å². The maximum atomic E-state index is 12.9. The summed E-state index contributed by atoms with van der Waals surface area (Å²) in [5.41, 5.74) is 2.14. The van der Waals surface area contributed by atoms with Gasteiger partial charge in [-0.25, -0.2) is 9.97 Å². The second-order valence-corrected chi connectivity index (χ2v) is 7.29. The highest BCUT2D eigenvalue weighted by molar-refractivity contribution is 7.17. The molecule has 0 spiro atoms. The molecule has 1 amide bonds. The standard InChI is InChI=1S/C18H19N5O2S/c1-11(12-3-2-6-19-9-12)20-18-21-14-5-8-26-16(14)15(22-18)17(25)23-7-4-13(24)10-23/h2-3,5-6,8-9,11,13,24H,4,7,10H2,1H3,(H,20,21,22)/t11-,13+/m0/s1. The number of pyridine rings is 1. The molecule has 0 aliphatic carbocycles. The minimum Gasteiger partial charge on any atom is -0.391 e. The van der Waals surface area contributed by atoms with Crippen LogP contribution in [0.3, 0.4) is 0 Å². The average molecular weight is 369 g/mol. The van der Waals surface area contributed by atoms with Gasteiger partial charge in [-0.1, -0.05) is 6.07 Å². The third-order valence-corrected chi connectivity index (χ3v) is 5.40. The molecule has 3 aromatic rings. The van der Waals surface area contributed by atoms with Gasteiger partial charge in [0.05, 0.1) is 22.4 Å². The predicted molar refractivity (Wildman–Crippen MR) is 100 cm³/mol. The fraction of sp³-hybridized carbons (Fsp3) is 0.333. The van der Waals surface area contributed by atoms with E-state index in [1.165, 1.54) is 11.3 Å². The van der Waals surface area contributed by atoms with Crippen molar-refractivity contribution >= 4 is 33.4 Å². The predicted octanol–water partition coefficient (Wildman–Crippen LogP) is 2.47. The van der Waals surface area contributed by atoms with Crippen molar-refractivity contribution in [1.29, 1.82) is 0 Å². The number of likely N-dealkylation sites (tertiary alicyclic amines) is 1. The molecule has 4 rings (SSSR count). The Balaban J connectivity index is 1.65. The van der Waals surface area contributed by atoms with Gasteiger partial charge in [0.1, 0.15) is 0 Å². The smallest absolute Gasteiger partial charge is 0.274 e. The van der Waals surface area contributed by atoms with Crippen molar-refractivity contribution in [1.82, 2.24) is 19.9 Å². The molecule has 0 saturated carbocycles. The summed E-state index contributed by atoms with van der Waals surface area (Å²) in [7, 11) is 0. The highest BCUT2D eigenvalue weighted by Gasteiger charge is 2.28. The third kappa shape index (κ3) is 3.25. The lowest BCUT2D eigenvalue weighted by molar-refractivity contribution is 0.0761. The second-order valence-electron chi connectivity index (χ2n) is 6.38. The lowest BCUT2D eigenvalue weighted by atomic mass is 10.1. The first kappa shape index (κ1) is 16.9.